The Morgan fingerprint density at radius 2 is 1.63 bits per heavy atom. The molecule has 0 saturated heterocycles. The number of hydrogen-bond donors (Lipinski definition) is 2. The second kappa shape index (κ2) is 10.6. The van der Waals surface area contributed by atoms with E-state index < -0.39 is 21.8 Å². The van der Waals surface area contributed by atoms with Gasteiger partial charge in [0.1, 0.15) is 5.82 Å². The Bertz CT molecular complexity index is 1000. The van der Waals surface area contributed by atoms with Crippen LogP contribution in [0.15, 0.2) is 58.5 Å². The molecule has 2 aromatic carbocycles. The molecule has 0 aliphatic heterocycles. The Hall–Kier alpha value is -3.11. The zero-order valence-electron chi connectivity index (χ0n) is 16.6. The van der Waals surface area contributed by atoms with Gasteiger partial charge in [0, 0.05) is 18.7 Å². The van der Waals surface area contributed by atoms with Crippen molar-refractivity contribution in [3.05, 3.63) is 65.5 Å². The second-order valence-corrected chi connectivity index (χ2v) is 8.08. The van der Waals surface area contributed by atoms with Crippen LogP contribution in [0.5, 0.6) is 0 Å². The predicted molar refractivity (Wildman–Crippen MR) is 111 cm³/mol. The van der Waals surface area contributed by atoms with Gasteiger partial charge in [0.15, 0.2) is 0 Å². The molecule has 0 unspecified atom stereocenters. The van der Waals surface area contributed by atoms with Gasteiger partial charge in [0.25, 0.3) is 11.8 Å². The summed E-state index contributed by atoms with van der Waals surface area (Å²) in [6.07, 6.45) is 1.34. The van der Waals surface area contributed by atoms with Gasteiger partial charge in [-0.05, 0) is 42.0 Å². The molecule has 2 rings (SSSR count). The van der Waals surface area contributed by atoms with E-state index in [0.717, 1.165) is 0 Å². The van der Waals surface area contributed by atoms with Crippen LogP contribution in [0.1, 0.15) is 29.8 Å². The third-order valence-corrected chi connectivity index (χ3v) is 6.21. The molecule has 0 atom stereocenters. The third-order valence-electron chi connectivity index (χ3n) is 4.14. The van der Waals surface area contributed by atoms with Crippen molar-refractivity contribution in [2.45, 2.75) is 18.7 Å². The molecule has 0 aromatic heterocycles. The molecule has 2 N–H and O–H groups in total. The summed E-state index contributed by atoms with van der Waals surface area (Å²) in [5, 5.41) is 6.15. The molecule has 0 aliphatic carbocycles. The number of amides is 2. The molecule has 0 bridgehead atoms. The number of nitrogens with one attached hydrogen (secondary N) is 2. The Morgan fingerprint density at radius 3 is 2.20 bits per heavy atom. The molecule has 0 heterocycles. The van der Waals surface area contributed by atoms with Gasteiger partial charge in [-0.1, -0.05) is 26.0 Å². The molecule has 0 saturated carbocycles. The van der Waals surface area contributed by atoms with E-state index in [-0.39, 0.29) is 22.8 Å². The number of nitrogens with zero attached hydrogens (tertiary/aromatic N) is 2. The molecule has 0 radical (unpaired) electrons. The Morgan fingerprint density at radius 1 is 1.03 bits per heavy atom. The first-order valence-electron chi connectivity index (χ1n) is 9.23. The normalized spacial score (nSPS) is 11.6. The van der Waals surface area contributed by atoms with E-state index in [9.17, 15) is 22.4 Å². The fourth-order valence-electron chi connectivity index (χ4n) is 2.52. The molecule has 8 nitrogen and oxygen atoms in total. The maximum atomic E-state index is 12.8. The third kappa shape index (κ3) is 6.19. The van der Waals surface area contributed by atoms with Crippen LogP contribution in [0.3, 0.4) is 0 Å². The Kier molecular flexibility index (Phi) is 8.19. The molecular weight excluding hydrogens is 411 g/mol. The van der Waals surface area contributed by atoms with E-state index in [4.69, 9.17) is 0 Å². The zero-order chi connectivity index (χ0) is 22.1. The highest BCUT2D eigenvalue weighted by Crippen LogP contribution is 2.16. The van der Waals surface area contributed by atoms with Crippen molar-refractivity contribution >= 4 is 28.1 Å². The van der Waals surface area contributed by atoms with Gasteiger partial charge in [-0.2, -0.15) is 9.41 Å². The quantitative estimate of drug-likeness (QED) is 0.463. The highest BCUT2D eigenvalue weighted by molar-refractivity contribution is 7.89. The van der Waals surface area contributed by atoms with Gasteiger partial charge < -0.3 is 5.32 Å². The van der Waals surface area contributed by atoms with Crippen molar-refractivity contribution in [2.75, 3.05) is 19.6 Å². The van der Waals surface area contributed by atoms with Crippen molar-refractivity contribution in [1.29, 1.82) is 0 Å². The Balaban J connectivity index is 1.88. The summed E-state index contributed by atoms with van der Waals surface area (Å²) in [6, 6.07) is 11.0. The summed E-state index contributed by atoms with van der Waals surface area (Å²) in [7, 11) is -3.60. The number of benzene rings is 2. The second-order valence-electron chi connectivity index (χ2n) is 6.14. The smallest absolute Gasteiger partial charge is 0.259 e. The van der Waals surface area contributed by atoms with Crippen molar-refractivity contribution in [2.24, 2.45) is 5.10 Å². The monoisotopic (exact) mass is 434 g/mol. The fraction of sp³-hybridized carbons (Fsp3) is 0.250. The first kappa shape index (κ1) is 23.2. The minimum Gasteiger partial charge on any atom is -0.343 e. The van der Waals surface area contributed by atoms with Crippen LogP contribution in [0.4, 0.5) is 4.39 Å². The number of carbonyl (C=O) groups is 2. The average Bonchev–Trinajstić information content (AvgIpc) is 2.74. The number of hydrazone groups is 1. The summed E-state index contributed by atoms with van der Waals surface area (Å²) in [5.41, 5.74) is 3.06. The van der Waals surface area contributed by atoms with Crippen LogP contribution >= 0.6 is 0 Å². The minimum absolute atomic E-state index is 0.0932. The van der Waals surface area contributed by atoms with Gasteiger partial charge in [0.05, 0.1) is 17.7 Å². The first-order chi connectivity index (χ1) is 14.3. The van der Waals surface area contributed by atoms with Crippen LogP contribution in [0.25, 0.3) is 0 Å². The van der Waals surface area contributed by atoms with Crippen molar-refractivity contribution < 1.29 is 22.4 Å². The number of rotatable bonds is 9. The minimum atomic E-state index is -3.60. The standard InChI is InChI=1S/C20H23FN4O4S/c1-3-25(4-2)30(28,29)18-11-7-16(8-12-18)20(27)22-14-19(26)24-23-13-15-5-9-17(21)10-6-15/h5-13H,3-4,14H2,1-2H3,(H,22,27)(H,24,26)/b23-13+. The summed E-state index contributed by atoms with van der Waals surface area (Å²) in [6.45, 7) is 3.87. The van der Waals surface area contributed by atoms with Gasteiger partial charge in [-0.15, -0.1) is 0 Å². The number of hydrogen-bond acceptors (Lipinski definition) is 5. The van der Waals surface area contributed by atoms with Gasteiger partial charge in [-0.25, -0.2) is 18.2 Å². The topological polar surface area (TPSA) is 108 Å². The van der Waals surface area contributed by atoms with E-state index in [1.807, 2.05) is 0 Å². The van der Waals surface area contributed by atoms with Crippen molar-refractivity contribution in [1.82, 2.24) is 15.0 Å². The predicted octanol–water partition coefficient (Wildman–Crippen LogP) is 1.74. The van der Waals surface area contributed by atoms with E-state index >= 15 is 0 Å². The maximum Gasteiger partial charge on any atom is 0.259 e. The van der Waals surface area contributed by atoms with E-state index in [0.29, 0.717) is 18.7 Å². The molecular formula is C20H23FN4O4S. The molecule has 2 amide bonds. The van der Waals surface area contributed by atoms with E-state index in [2.05, 4.69) is 15.8 Å². The van der Waals surface area contributed by atoms with Crippen molar-refractivity contribution in [3.8, 4) is 0 Å². The largest absolute Gasteiger partial charge is 0.343 e. The Labute approximate surface area is 174 Å². The fourth-order valence-corrected chi connectivity index (χ4v) is 3.98. The lowest BCUT2D eigenvalue weighted by Crippen LogP contribution is -2.35. The van der Waals surface area contributed by atoms with Crippen LogP contribution < -0.4 is 10.7 Å². The van der Waals surface area contributed by atoms with Crippen LogP contribution in [-0.2, 0) is 14.8 Å². The molecule has 10 heteroatoms. The highest BCUT2D eigenvalue weighted by atomic mass is 32.2. The molecule has 2 aromatic rings. The number of sulfonamides is 1. The van der Waals surface area contributed by atoms with E-state index in [1.165, 1.54) is 59.1 Å². The van der Waals surface area contributed by atoms with Crippen LogP contribution in [-0.4, -0.2) is 50.4 Å². The number of halogens is 1. The lowest BCUT2D eigenvalue weighted by atomic mass is 10.2. The number of carbonyl (C=O) groups excluding carboxylic acids is 2. The molecule has 0 spiro atoms. The van der Waals surface area contributed by atoms with Crippen molar-refractivity contribution in [3.63, 3.8) is 0 Å². The highest BCUT2D eigenvalue weighted by Gasteiger charge is 2.21. The van der Waals surface area contributed by atoms with Crippen LogP contribution in [0.2, 0.25) is 0 Å². The van der Waals surface area contributed by atoms with Gasteiger partial charge in [-0.3, -0.25) is 9.59 Å². The zero-order valence-corrected chi connectivity index (χ0v) is 17.4. The van der Waals surface area contributed by atoms with Gasteiger partial charge >= 0.3 is 0 Å². The SMILES string of the molecule is CCN(CC)S(=O)(=O)c1ccc(C(=O)NCC(=O)N/N=C/c2ccc(F)cc2)cc1. The molecule has 30 heavy (non-hydrogen) atoms. The first-order valence-corrected chi connectivity index (χ1v) is 10.7. The molecule has 160 valence electrons. The summed E-state index contributed by atoms with van der Waals surface area (Å²) in [4.78, 5) is 24.0. The molecule has 0 fully saturated rings. The maximum absolute atomic E-state index is 12.8. The lowest BCUT2D eigenvalue weighted by molar-refractivity contribution is -0.120. The summed E-state index contributed by atoms with van der Waals surface area (Å²) >= 11 is 0. The average molecular weight is 434 g/mol. The summed E-state index contributed by atoms with van der Waals surface area (Å²) < 4.78 is 39.0. The molecule has 0 aliphatic rings. The van der Waals surface area contributed by atoms with Crippen LogP contribution in [0, 0.1) is 5.82 Å². The lowest BCUT2D eigenvalue weighted by Gasteiger charge is -2.18. The summed E-state index contributed by atoms with van der Waals surface area (Å²) in [5.74, 6) is -1.46. The van der Waals surface area contributed by atoms with E-state index in [1.54, 1.807) is 13.8 Å². The van der Waals surface area contributed by atoms with Gasteiger partial charge in [0.2, 0.25) is 10.0 Å².